The van der Waals surface area contributed by atoms with E-state index in [0.717, 1.165) is 15.0 Å². The Morgan fingerprint density at radius 3 is 2.52 bits per heavy atom. The summed E-state index contributed by atoms with van der Waals surface area (Å²) in [5.74, 6) is 0.585. The van der Waals surface area contributed by atoms with Gasteiger partial charge in [-0.1, -0.05) is 18.2 Å². The van der Waals surface area contributed by atoms with Crippen molar-refractivity contribution in [3.63, 3.8) is 0 Å². The third-order valence-electron chi connectivity index (χ3n) is 3.34. The summed E-state index contributed by atoms with van der Waals surface area (Å²) in [6.07, 6.45) is 2.39. The van der Waals surface area contributed by atoms with Crippen LogP contribution in [0.4, 0.5) is 5.69 Å². The van der Waals surface area contributed by atoms with Crippen LogP contribution in [-0.2, 0) is 14.8 Å². The van der Waals surface area contributed by atoms with Gasteiger partial charge >= 0.3 is 0 Å². The van der Waals surface area contributed by atoms with Crippen LogP contribution in [0.5, 0.6) is 0 Å². The van der Waals surface area contributed by atoms with Crippen LogP contribution in [0, 0.1) is 6.92 Å². The quantitative estimate of drug-likeness (QED) is 0.566. The van der Waals surface area contributed by atoms with Crippen LogP contribution in [0.25, 0.3) is 0 Å². The maximum Gasteiger partial charge on any atom is 0.263 e. The molecule has 2 rings (SSSR count). The fraction of sp³-hybridized carbons (Fsp3) is 0.250. The number of carbonyl (C=O) groups is 1. The lowest BCUT2D eigenvalue weighted by Gasteiger charge is -2.27. The molecule has 0 aliphatic rings. The van der Waals surface area contributed by atoms with Crippen LogP contribution in [-0.4, -0.2) is 32.8 Å². The SMILES string of the molecule is Cc1oc(/C=N\NC(=O)[C@@H](C)N(c2ccccc2)S(C)(=O)=O)cc1Br. The van der Waals surface area contributed by atoms with Gasteiger partial charge in [0.2, 0.25) is 10.0 Å². The minimum absolute atomic E-state index is 0.405. The van der Waals surface area contributed by atoms with E-state index in [2.05, 4.69) is 26.5 Å². The van der Waals surface area contributed by atoms with E-state index >= 15 is 0 Å². The van der Waals surface area contributed by atoms with Crippen molar-refractivity contribution in [1.82, 2.24) is 5.43 Å². The smallest absolute Gasteiger partial charge is 0.263 e. The maximum atomic E-state index is 12.3. The first-order chi connectivity index (χ1) is 11.7. The van der Waals surface area contributed by atoms with Crippen molar-refractivity contribution in [2.75, 3.05) is 10.6 Å². The second-order valence-electron chi connectivity index (χ2n) is 5.36. The lowest BCUT2D eigenvalue weighted by Crippen LogP contribution is -2.46. The summed E-state index contributed by atoms with van der Waals surface area (Å²) < 4.78 is 31.4. The van der Waals surface area contributed by atoms with Gasteiger partial charge in [-0.05, 0) is 41.9 Å². The number of para-hydroxylation sites is 1. The normalized spacial score (nSPS) is 13.0. The number of nitrogens with one attached hydrogen (secondary N) is 1. The molecule has 2 aromatic rings. The molecule has 0 fully saturated rings. The minimum Gasteiger partial charge on any atom is -0.459 e. The highest BCUT2D eigenvalue weighted by molar-refractivity contribution is 9.10. The zero-order valence-corrected chi connectivity index (χ0v) is 16.3. The molecule has 0 aliphatic heterocycles. The first-order valence-electron chi connectivity index (χ1n) is 7.33. The summed E-state index contributed by atoms with van der Waals surface area (Å²) in [4.78, 5) is 12.3. The lowest BCUT2D eigenvalue weighted by atomic mass is 10.2. The molecule has 0 bridgehead atoms. The largest absolute Gasteiger partial charge is 0.459 e. The Morgan fingerprint density at radius 1 is 1.36 bits per heavy atom. The molecule has 0 spiro atoms. The van der Waals surface area contributed by atoms with Crippen molar-refractivity contribution < 1.29 is 17.6 Å². The number of furan rings is 1. The molecule has 1 atom stereocenters. The lowest BCUT2D eigenvalue weighted by molar-refractivity contribution is -0.121. The average Bonchev–Trinajstić information content (AvgIpc) is 2.85. The van der Waals surface area contributed by atoms with Crippen molar-refractivity contribution in [1.29, 1.82) is 0 Å². The highest BCUT2D eigenvalue weighted by Crippen LogP contribution is 2.20. The van der Waals surface area contributed by atoms with Crippen LogP contribution < -0.4 is 9.73 Å². The molecule has 1 aromatic carbocycles. The standard InChI is InChI=1S/C16H18BrN3O4S/c1-11(20(25(3,22)23)13-7-5-4-6-8-13)16(21)19-18-10-14-9-15(17)12(2)24-14/h4-11H,1-3H3,(H,19,21)/b18-10-/t11-/m1/s1. The first-order valence-corrected chi connectivity index (χ1v) is 9.97. The number of benzene rings is 1. The van der Waals surface area contributed by atoms with Crippen molar-refractivity contribution in [3.8, 4) is 0 Å². The molecule has 0 saturated carbocycles. The van der Waals surface area contributed by atoms with Gasteiger partial charge in [-0.3, -0.25) is 9.10 Å². The Morgan fingerprint density at radius 2 is 2.00 bits per heavy atom. The average molecular weight is 428 g/mol. The molecule has 0 aliphatic carbocycles. The second-order valence-corrected chi connectivity index (χ2v) is 8.07. The molecular weight excluding hydrogens is 410 g/mol. The number of halogens is 1. The fourth-order valence-electron chi connectivity index (χ4n) is 2.18. The number of nitrogens with zero attached hydrogens (tertiary/aromatic N) is 2. The van der Waals surface area contributed by atoms with Gasteiger partial charge in [-0.2, -0.15) is 5.10 Å². The Kier molecular flexibility index (Phi) is 6.02. The Balaban J connectivity index is 2.13. The van der Waals surface area contributed by atoms with E-state index in [9.17, 15) is 13.2 Å². The van der Waals surface area contributed by atoms with Gasteiger partial charge < -0.3 is 4.42 Å². The monoisotopic (exact) mass is 427 g/mol. The number of hydrazone groups is 1. The highest BCUT2D eigenvalue weighted by atomic mass is 79.9. The molecule has 1 heterocycles. The van der Waals surface area contributed by atoms with Crippen LogP contribution in [0.2, 0.25) is 0 Å². The molecule has 134 valence electrons. The Labute approximate surface area is 154 Å². The summed E-state index contributed by atoms with van der Waals surface area (Å²) in [6.45, 7) is 3.28. The third-order valence-corrected chi connectivity index (χ3v) is 5.37. The number of rotatable bonds is 6. The van der Waals surface area contributed by atoms with E-state index in [1.807, 2.05) is 0 Å². The van der Waals surface area contributed by atoms with E-state index in [-0.39, 0.29) is 0 Å². The molecular formula is C16H18BrN3O4S. The summed E-state index contributed by atoms with van der Waals surface area (Å²) in [5, 5.41) is 3.81. The van der Waals surface area contributed by atoms with E-state index in [0.29, 0.717) is 17.2 Å². The van der Waals surface area contributed by atoms with Crippen LogP contribution in [0.3, 0.4) is 0 Å². The zero-order chi connectivity index (χ0) is 18.6. The molecule has 1 aromatic heterocycles. The predicted molar refractivity (Wildman–Crippen MR) is 100 cm³/mol. The van der Waals surface area contributed by atoms with Gasteiger partial charge in [0.05, 0.1) is 22.6 Å². The highest BCUT2D eigenvalue weighted by Gasteiger charge is 2.28. The summed E-state index contributed by atoms with van der Waals surface area (Å²) >= 11 is 3.31. The molecule has 0 saturated heterocycles. The summed E-state index contributed by atoms with van der Waals surface area (Å²) in [6, 6.07) is 9.15. The summed E-state index contributed by atoms with van der Waals surface area (Å²) in [5.41, 5.74) is 2.74. The number of carbonyl (C=O) groups excluding carboxylic acids is 1. The van der Waals surface area contributed by atoms with E-state index in [4.69, 9.17) is 4.42 Å². The van der Waals surface area contributed by atoms with Gasteiger partial charge in [0.15, 0.2) is 0 Å². The molecule has 0 radical (unpaired) electrons. The molecule has 25 heavy (non-hydrogen) atoms. The number of sulfonamides is 1. The van der Waals surface area contributed by atoms with Gasteiger partial charge in [0.25, 0.3) is 5.91 Å². The Hall–Kier alpha value is -2.13. The van der Waals surface area contributed by atoms with Crippen molar-refractivity contribution in [3.05, 3.63) is 52.4 Å². The van der Waals surface area contributed by atoms with Crippen molar-refractivity contribution in [2.45, 2.75) is 19.9 Å². The van der Waals surface area contributed by atoms with Crippen LogP contribution in [0.15, 0.2) is 50.4 Å². The minimum atomic E-state index is -3.65. The van der Waals surface area contributed by atoms with Crippen molar-refractivity contribution in [2.24, 2.45) is 5.10 Å². The van der Waals surface area contributed by atoms with Crippen LogP contribution in [0.1, 0.15) is 18.4 Å². The topological polar surface area (TPSA) is 92.0 Å². The number of amides is 1. The van der Waals surface area contributed by atoms with E-state index in [1.165, 1.54) is 13.1 Å². The number of aryl methyl sites for hydroxylation is 1. The second kappa shape index (κ2) is 7.83. The number of anilines is 1. The molecule has 9 heteroatoms. The summed E-state index contributed by atoms with van der Waals surface area (Å²) in [7, 11) is -3.65. The number of hydrogen-bond acceptors (Lipinski definition) is 5. The van der Waals surface area contributed by atoms with Gasteiger partial charge in [-0.15, -0.1) is 0 Å². The van der Waals surface area contributed by atoms with Gasteiger partial charge in [-0.25, -0.2) is 13.8 Å². The van der Waals surface area contributed by atoms with E-state index < -0.39 is 22.0 Å². The maximum absolute atomic E-state index is 12.3. The number of hydrogen-bond donors (Lipinski definition) is 1. The van der Waals surface area contributed by atoms with E-state index in [1.54, 1.807) is 43.3 Å². The third kappa shape index (κ3) is 4.93. The first kappa shape index (κ1) is 19.2. The molecule has 7 nitrogen and oxygen atoms in total. The van der Waals surface area contributed by atoms with Crippen LogP contribution >= 0.6 is 15.9 Å². The molecule has 1 amide bonds. The molecule has 0 unspecified atom stereocenters. The molecule has 1 N–H and O–H groups in total. The van der Waals surface area contributed by atoms with Gasteiger partial charge in [0.1, 0.15) is 17.6 Å². The van der Waals surface area contributed by atoms with Gasteiger partial charge in [0, 0.05) is 6.07 Å². The zero-order valence-electron chi connectivity index (χ0n) is 13.9. The Bertz CT molecular complexity index is 859. The fourth-order valence-corrected chi connectivity index (χ4v) is 3.66. The predicted octanol–water partition coefficient (Wildman–Crippen LogP) is 2.66. The van der Waals surface area contributed by atoms with Crippen molar-refractivity contribution >= 4 is 43.8 Å².